The average molecular weight is 258 g/mol. The van der Waals surface area contributed by atoms with Gasteiger partial charge in [0.2, 0.25) is 0 Å². The molecule has 106 valence electrons. The standard InChI is InChI=1S/C13H26N2O3/c1-3-4-6-14(2)9-8-15-7-5-10(16)11(15)13(18)12(9)17/h9-13,16-18H,3-8H2,1-2H3/t9-,10-,11?,12+,13+/m0/s1. The van der Waals surface area contributed by atoms with Gasteiger partial charge in [-0.25, -0.2) is 0 Å². The van der Waals surface area contributed by atoms with Crippen LogP contribution in [0.1, 0.15) is 26.2 Å². The van der Waals surface area contributed by atoms with Crippen LogP contribution >= 0.6 is 0 Å². The Balaban J connectivity index is 2.01. The van der Waals surface area contributed by atoms with E-state index in [0.29, 0.717) is 6.42 Å². The molecule has 0 aromatic carbocycles. The number of likely N-dealkylation sites (N-methyl/N-ethyl adjacent to an activating group) is 1. The van der Waals surface area contributed by atoms with E-state index in [1.807, 2.05) is 7.05 Å². The van der Waals surface area contributed by atoms with Crippen LogP contribution in [0.2, 0.25) is 0 Å². The quantitative estimate of drug-likeness (QED) is 0.620. The van der Waals surface area contributed by atoms with Crippen molar-refractivity contribution < 1.29 is 15.3 Å². The van der Waals surface area contributed by atoms with Gasteiger partial charge in [0.15, 0.2) is 0 Å². The molecule has 0 saturated carbocycles. The fourth-order valence-corrected chi connectivity index (χ4v) is 3.27. The second-order valence-corrected chi connectivity index (χ2v) is 5.72. The summed E-state index contributed by atoms with van der Waals surface area (Å²) in [5.41, 5.74) is 0. The third kappa shape index (κ3) is 2.56. The van der Waals surface area contributed by atoms with E-state index in [1.165, 1.54) is 0 Å². The van der Waals surface area contributed by atoms with E-state index in [1.54, 1.807) is 0 Å². The Labute approximate surface area is 109 Å². The van der Waals surface area contributed by atoms with Gasteiger partial charge in [0.05, 0.1) is 30.4 Å². The predicted octanol–water partition coefficient (Wildman–Crippen LogP) is -0.742. The highest BCUT2D eigenvalue weighted by Crippen LogP contribution is 2.29. The molecule has 0 radical (unpaired) electrons. The minimum absolute atomic E-state index is 0.0342. The largest absolute Gasteiger partial charge is 0.391 e. The molecule has 0 aromatic heterocycles. The van der Waals surface area contributed by atoms with Crippen molar-refractivity contribution in [3.63, 3.8) is 0 Å². The molecule has 5 atom stereocenters. The van der Waals surface area contributed by atoms with Gasteiger partial charge in [0.1, 0.15) is 0 Å². The van der Waals surface area contributed by atoms with Crippen LogP contribution in [0.4, 0.5) is 0 Å². The summed E-state index contributed by atoms with van der Waals surface area (Å²) in [6, 6.07) is -0.316. The van der Waals surface area contributed by atoms with E-state index >= 15 is 0 Å². The molecule has 2 heterocycles. The molecule has 18 heavy (non-hydrogen) atoms. The summed E-state index contributed by atoms with van der Waals surface area (Å²) in [5.74, 6) is 0. The van der Waals surface area contributed by atoms with Crippen LogP contribution in [0.3, 0.4) is 0 Å². The van der Waals surface area contributed by atoms with Gasteiger partial charge in [-0.1, -0.05) is 13.3 Å². The lowest BCUT2D eigenvalue weighted by atomic mass is 9.90. The van der Waals surface area contributed by atoms with Gasteiger partial charge in [-0.2, -0.15) is 0 Å². The molecule has 2 rings (SSSR count). The van der Waals surface area contributed by atoms with Crippen LogP contribution < -0.4 is 0 Å². The molecular weight excluding hydrogens is 232 g/mol. The third-order valence-electron chi connectivity index (χ3n) is 4.47. The molecule has 3 N–H and O–H groups in total. The lowest BCUT2D eigenvalue weighted by Gasteiger charge is -2.46. The van der Waals surface area contributed by atoms with Crippen LogP contribution in [0.15, 0.2) is 0 Å². The Bertz CT molecular complexity index is 277. The third-order valence-corrected chi connectivity index (χ3v) is 4.47. The van der Waals surface area contributed by atoms with Crippen molar-refractivity contribution in [3.05, 3.63) is 0 Å². The van der Waals surface area contributed by atoms with E-state index < -0.39 is 18.3 Å². The first-order valence-corrected chi connectivity index (χ1v) is 7.04. The van der Waals surface area contributed by atoms with Crippen LogP contribution in [-0.2, 0) is 0 Å². The highest BCUT2D eigenvalue weighted by Gasteiger charge is 2.48. The van der Waals surface area contributed by atoms with Crippen LogP contribution in [0.5, 0.6) is 0 Å². The average Bonchev–Trinajstić information content (AvgIpc) is 2.72. The monoisotopic (exact) mass is 258 g/mol. The van der Waals surface area contributed by atoms with E-state index in [9.17, 15) is 15.3 Å². The van der Waals surface area contributed by atoms with E-state index in [4.69, 9.17) is 0 Å². The van der Waals surface area contributed by atoms with Crippen LogP contribution in [-0.4, -0.2) is 82.2 Å². The molecule has 0 spiro atoms. The number of nitrogens with zero attached hydrogens (tertiary/aromatic N) is 2. The first-order valence-electron chi connectivity index (χ1n) is 7.04. The first-order chi connectivity index (χ1) is 8.56. The van der Waals surface area contributed by atoms with Gasteiger partial charge in [-0.15, -0.1) is 0 Å². The van der Waals surface area contributed by atoms with Crippen LogP contribution in [0.25, 0.3) is 0 Å². The molecule has 2 aliphatic heterocycles. The molecule has 0 amide bonds. The van der Waals surface area contributed by atoms with Crippen molar-refractivity contribution in [2.75, 3.05) is 26.7 Å². The maximum Gasteiger partial charge on any atom is 0.0994 e. The van der Waals surface area contributed by atoms with Gasteiger partial charge >= 0.3 is 0 Å². The van der Waals surface area contributed by atoms with Gasteiger partial charge in [-0.3, -0.25) is 9.80 Å². The highest BCUT2D eigenvalue weighted by molar-refractivity contribution is 5.03. The van der Waals surface area contributed by atoms with Crippen molar-refractivity contribution in [2.45, 2.75) is 56.6 Å². The molecule has 0 aromatic rings. The minimum Gasteiger partial charge on any atom is -0.391 e. The second kappa shape index (κ2) is 5.84. The molecular formula is C13H26N2O3. The topological polar surface area (TPSA) is 67.2 Å². The van der Waals surface area contributed by atoms with Gasteiger partial charge in [-0.05, 0) is 26.4 Å². The van der Waals surface area contributed by atoms with Gasteiger partial charge in [0, 0.05) is 13.1 Å². The summed E-state index contributed by atoms with van der Waals surface area (Å²) in [4.78, 5) is 4.26. The van der Waals surface area contributed by atoms with Crippen molar-refractivity contribution in [2.24, 2.45) is 0 Å². The summed E-state index contributed by atoms with van der Waals surface area (Å²) in [7, 11) is 2.00. The number of unbranched alkanes of at least 4 members (excludes halogenated alkanes) is 1. The Morgan fingerprint density at radius 1 is 1.22 bits per heavy atom. The molecule has 2 saturated heterocycles. The molecule has 1 unspecified atom stereocenters. The van der Waals surface area contributed by atoms with Crippen molar-refractivity contribution in [1.82, 2.24) is 9.80 Å². The maximum absolute atomic E-state index is 10.2. The van der Waals surface area contributed by atoms with Gasteiger partial charge < -0.3 is 15.3 Å². The fraction of sp³-hybridized carbons (Fsp3) is 1.00. The number of fused-ring (bicyclic) bond motifs is 1. The Hall–Kier alpha value is -0.200. The van der Waals surface area contributed by atoms with Gasteiger partial charge in [0.25, 0.3) is 0 Å². The highest BCUT2D eigenvalue weighted by atomic mass is 16.3. The maximum atomic E-state index is 10.2. The zero-order valence-corrected chi connectivity index (χ0v) is 11.4. The van der Waals surface area contributed by atoms with E-state index in [-0.39, 0.29) is 12.1 Å². The minimum atomic E-state index is -0.842. The van der Waals surface area contributed by atoms with Crippen molar-refractivity contribution >= 4 is 0 Å². The molecule has 5 nitrogen and oxygen atoms in total. The lowest BCUT2D eigenvalue weighted by Crippen LogP contribution is -2.65. The smallest absolute Gasteiger partial charge is 0.0994 e. The number of aliphatic hydroxyl groups excluding tert-OH is 3. The number of rotatable bonds is 4. The van der Waals surface area contributed by atoms with Crippen molar-refractivity contribution in [1.29, 1.82) is 0 Å². The normalized spacial score (nSPS) is 41.3. The summed E-state index contributed by atoms with van der Waals surface area (Å²) in [5, 5.41) is 30.3. The molecule has 0 bridgehead atoms. The summed E-state index contributed by atoms with van der Waals surface area (Å²) >= 11 is 0. The summed E-state index contributed by atoms with van der Waals surface area (Å²) in [6.45, 7) is 4.63. The number of hydrogen-bond acceptors (Lipinski definition) is 5. The summed E-state index contributed by atoms with van der Waals surface area (Å²) < 4.78 is 0. The molecule has 2 aliphatic rings. The van der Waals surface area contributed by atoms with Crippen LogP contribution in [0, 0.1) is 0 Å². The zero-order chi connectivity index (χ0) is 13.3. The Morgan fingerprint density at radius 2 is 1.94 bits per heavy atom. The number of aliphatic hydroxyl groups is 3. The van der Waals surface area contributed by atoms with E-state index in [0.717, 1.165) is 32.5 Å². The summed E-state index contributed by atoms with van der Waals surface area (Å²) in [6.07, 6.45) is 0.811. The first kappa shape index (κ1) is 14.2. The Morgan fingerprint density at radius 3 is 2.61 bits per heavy atom. The molecule has 0 aliphatic carbocycles. The molecule has 5 heteroatoms. The molecule has 2 fully saturated rings. The predicted molar refractivity (Wildman–Crippen MR) is 69.3 cm³/mol. The Kier molecular flexibility index (Phi) is 4.61. The SMILES string of the molecule is CCCCN(C)[C@H]1CN2CC[C@H](O)C2[C@@H](O)[C@@H]1O. The van der Waals surface area contributed by atoms with E-state index in [2.05, 4.69) is 16.7 Å². The zero-order valence-electron chi connectivity index (χ0n) is 11.4. The fourth-order valence-electron chi connectivity index (χ4n) is 3.27. The van der Waals surface area contributed by atoms with Crippen molar-refractivity contribution in [3.8, 4) is 0 Å². The number of piperidine rings is 1. The lowest BCUT2D eigenvalue weighted by molar-refractivity contribution is -0.122. The second-order valence-electron chi connectivity index (χ2n) is 5.72. The number of hydrogen-bond donors (Lipinski definition) is 3.